The third kappa shape index (κ3) is 4.68. The number of rotatable bonds is 6. The molecule has 1 rings (SSSR count). The number of nitriles is 1. The number of hydrogen-bond acceptors (Lipinski definition) is 3. The molecule has 0 fully saturated rings. The van der Waals surface area contributed by atoms with Gasteiger partial charge in [-0.3, -0.25) is 0 Å². The molecule has 0 bridgehead atoms. The third-order valence-electron chi connectivity index (χ3n) is 2.50. The Labute approximate surface area is 105 Å². The van der Waals surface area contributed by atoms with Gasteiger partial charge in [0, 0.05) is 6.07 Å². The number of nitrogens with zero attached hydrogens (tertiary/aromatic N) is 1. The Balaban J connectivity index is 2.30. The summed E-state index contributed by atoms with van der Waals surface area (Å²) in [4.78, 5) is 0. The van der Waals surface area contributed by atoms with Gasteiger partial charge in [0.1, 0.15) is 11.4 Å². The van der Waals surface area contributed by atoms with Crippen molar-refractivity contribution >= 4 is 0 Å². The zero-order valence-electron chi connectivity index (χ0n) is 10.2. The lowest BCUT2D eigenvalue weighted by atomic mass is 9.98. The van der Waals surface area contributed by atoms with Crippen LogP contribution < -0.4 is 10.5 Å². The minimum absolute atomic E-state index is 0.0919. The fourth-order valence-electron chi connectivity index (χ4n) is 1.42. The minimum atomic E-state index is -0.843. The number of halogens is 2. The number of unbranched alkanes of at least 4 members (excludes halogenated alkanes) is 1. The summed E-state index contributed by atoms with van der Waals surface area (Å²) in [5, 5.41) is 8.70. The van der Waals surface area contributed by atoms with Crippen molar-refractivity contribution in [2.24, 2.45) is 5.73 Å². The molecule has 0 aliphatic carbocycles. The van der Waals surface area contributed by atoms with E-state index in [1.165, 1.54) is 0 Å². The standard InChI is InChI=1S/C13H16F2N2O/c1-13(17,9-16)6-2-3-7-18-12-8-10(14)4-5-11(12)15/h4-5,8H,2-3,6-7,17H2,1H3. The lowest BCUT2D eigenvalue weighted by molar-refractivity contribution is 0.285. The van der Waals surface area contributed by atoms with E-state index in [1.807, 2.05) is 6.07 Å². The van der Waals surface area contributed by atoms with Crippen molar-refractivity contribution < 1.29 is 13.5 Å². The van der Waals surface area contributed by atoms with Crippen LogP contribution in [0.4, 0.5) is 8.78 Å². The van der Waals surface area contributed by atoms with Crippen LogP contribution in [0.25, 0.3) is 0 Å². The van der Waals surface area contributed by atoms with Gasteiger partial charge in [-0.2, -0.15) is 5.26 Å². The second-order valence-electron chi connectivity index (χ2n) is 4.41. The van der Waals surface area contributed by atoms with Crippen LogP contribution in [-0.4, -0.2) is 12.1 Å². The molecule has 98 valence electrons. The fourth-order valence-corrected chi connectivity index (χ4v) is 1.42. The van der Waals surface area contributed by atoms with Crippen LogP contribution >= 0.6 is 0 Å². The van der Waals surface area contributed by atoms with Gasteiger partial charge in [-0.1, -0.05) is 0 Å². The largest absolute Gasteiger partial charge is 0.490 e. The maximum absolute atomic E-state index is 13.2. The smallest absolute Gasteiger partial charge is 0.165 e. The molecule has 0 aromatic heterocycles. The van der Waals surface area contributed by atoms with Gasteiger partial charge in [-0.05, 0) is 38.3 Å². The number of hydrogen-bond donors (Lipinski definition) is 1. The lowest BCUT2D eigenvalue weighted by Gasteiger charge is -2.14. The SMILES string of the molecule is CC(N)(C#N)CCCCOc1cc(F)ccc1F. The molecule has 3 nitrogen and oxygen atoms in total. The van der Waals surface area contributed by atoms with E-state index in [1.54, 1.807) is 6.92 Å². The Morgan fingerprint density at radius 3 is 2.78 bits per heavy atom. The van der Waals surface area contributed by atoms with Crippen molar-refractivity contribution in [2.75, 3.05) is 6.61 Å². The van der Waals surface area contributed by atoms with Gasteiger partial charge in [0.2, 0.25) is 0 Å². The zero-order valence-corrected chi connectivity index (χ0v) is 10.2. The Morgan fingerprint density at radius 1 is 1.39 bits per heavy atom. The molecule has 0 radical (unpaired) electrons. The van der Waals surface area contributed by atoms with Crippen molar-refractivity contribution in [2.45, 2.75) is 31.7 Å². The molecule has 5 heteroatoms. The quantitative estimate of drug-likeness (QED) is 0.794. The Hall–Kier alpha value is -1.67. The molecule has 2 N–H and O–H groups in total. The highest BCUT2D eigenvalue weighted by molar-refractivity contribution is 5.24. The molecule has 0 aliphatic heterocycles. The van der Waals surface area contributed by atoms with E-state index in [4.69, 9.17) is 15.7 Å². The summed E-state index contributed by atoms with van der Waals surface area (Å²) in [6.45, 7) is 1.92. The molecular weight excluding hydrogens is 238 g/mol. The summed E-state index contributed by atoms with van der Waals surface area (Å²) in [5.41, 5.74) is 4.80. The third-order valence-corrected chi connectivity index (χ3v) is 2.50. The molecule has 0 saturated heterocycles. The van der Waals surface area contributed by atoms with E-state index in [2.05, 4.69) is 0 Å². The molecule has 1 unspecified atom stereocenters. The average Bonchev–Trinajstić information content (AvgIpc) is 2.33. The molecule has 0 spiro atoms. The second-order valence-corrected chi connectivity index (χ2v) is 4.41. The molecular formula is C13H16F2N2O. The predicted molar refractivity (Wildman–Crippen MR) is 63.9 cm³/mol. The first-order chi connectivity index (χ1) is 8.44. The lowest BCUT2D eigenvalue weighted by Crippen LogP contribution is -2.33. The van der Waals surface area contributed by atoms with Gasteiger partial charge in [0.15, 0.2) is 11.6 Å². The monoisotopic (exact) mass is 254 g/mol. The number of benzene rings is 1. The maximum atomic E-state index is 13.2. The Bertz CT molecular complexity index is 441. The van der Waals surface area contributed by atoms with Gasteiger partial charge in [0.25, 0.3) is 0 Å². The summed E-state index contributed by atoms with van der Waals surface area (Å²) in [6.07, 6.45) is 1.86. The van der Waals surface area contributed by atoms with Crippen LogP contribution in [0.3, 0.4) is 0 Å². The van der Waals surface area contributed by atoms with Crippen LogP contribution in [-0.2, 0) is 0 Å². The van der Waals surface area contributed by atoms with Crippen LogP contribution in [0, 0.1) is 23.0 Å². The van der Waals surface area contributed by atoms with E-state index >= 15 is 0 Å². The van der Waals surface area contributed by atoms with E-state index in [-0.39, 0.29) is 12.4 Å². The number of ether oxygens (including phenoxy) is 1. The molecule has 1 aromatic carbocycles. The second kappa shape index (κ2) is 6.31. The van der Waals surface area contributed by atoms with Crippen molar-refractivity contribution in [3.8, 4) is 11.8 Å². The van der Waals surface area contributed by atoms with Crippen molar-refractivity contribution in [3.63, 3.8) is 0 Å². The van der Waals surface area contributed by atoms with E-state index in [0.29, 0.717) is 19.3 Å². The molecule has 1 atom stereocenters. The van der Waals surface area contributed by atoms with Crippen LogP contribution in [0.1, 0.15) is 26.2 Å². The van der Waals surface area contributed by atoms with E-state index < -0.39 is 17.2 Å². The first-order valence-corrected chi connectivity index (χ1v) is 5.72. The first-order valence-electron chi connectivity index (χ1n) is 5.72. The summed E-state index contributed by atoms with van der Waals surface area (Å²) in [7, 11) is 0. The molecule has 0 aliphatic rings. The van der Waals surface area contributed by atoms with Gasteiger partial charge >= 0.3 is 0 Å². The van der Waals surface area contributed by atoms with Crippen molar-refractivity contribution in [3.05, 3.63) is 29.8 Å². The zero-order chi connectivity index (χ0) is 13.6. The highest BCUT2D eigenvalue weighted by Crippen LogP contribution is 2.18. The van der Waals surface area contributed by atoms with Gasteiger partial charge in [-0.25, -0.2) is 8.78 Å². The van der Waals surface area contributed by atoms with Crippen LogP contribution in [0.15, 0.2) is 18.2 Å². The molecule has 1 aromatic rings. The topological polar surface area (TPSA) is 59.0 Å². The molecule has 0 heterocycles. The fraction of sp³-hybridized carbons (Fsp3) is 0.462. The van der Waals surface area contributed by atoms with Gasteiger partial charge in [-0.15, -0.1) is 0 Å². The Morgan fingerprint density at radius 2 is 2.11 bits per heavy atom. The van der Waals surface area contributed by atoms with Crippen molar-refractivity contribution in [1.29, 1.82) is 5.26 Å². The summed E-state index contributed by atoms with van der Waals surface area (Å²) < 4.78 is 31.1. The highest BCUT2D eigenvalue weighted by Gasteiger charge is 2.15. The van der Waals surface area contributed by atoms with E-state index in [9.17, 15) is 8.78 Å². The molecule has 0 amide bonds. The Kier molecular flexibility index (Phi) is 5.05. The van der Waals surface area contributed by atoms with Gasteiger partial charge < -0.3 is 10.5 Å². The van der Waals surface area contributed by atoms with Crippen molar-refractivity contribution in [1.82, 2.24) is 0 Å². The predicted octanol–water partition coefficient (Wildman–Crippen LogP) is 2.75. The van der Waals surface area contributed by atoms with E-state index in [0.717, 1.165) is 18.2 Å². The van der Waals surface area contributed by atoms with Crippen LogP contribution in [0.5, 0.6) is 5.75 Å². The average molecular weight is 254 g/mol. The minimum Gasteiger partial charge on any atom is -0.490 e. The number of nitrogens with two attached hydrogens (primary N) is 1. The maximum Gasteiger partial charge on any atom is 0.165 e. The summed E-state index contributed by atoms with van der Waals surface area (Å²) in [6, 6.07) is 5.07. The summed E-state index contributed by atoms with van der Waals surface area (Å²) >= 11 is 0. The van der Waals surface area contributed by atoms with Crippen LogP contribution in [0.2, 0.25) is 0 Å². The first kappa shape index (κ1) is 14.4. The normalized spacial score (nSPS) is 13.7. The highest BCUT2D eigenvalue weighted by atomic mass is 19.1. The molecule has 0 saturated carbocycles. The summed E-state index contributed by atoms with van der Waals surface area (Å²) in [5.74, 6) is -1.21. The molecule has 18 heavy (non-hydrogen) atoms. The van der Waals surface area contributed by atoms with Gasteiger partial charge in [0.05, 0.1) is 12.7 Å².